The third-order valence-electron chi connectivity index (χ3n) is 1.86. The van der Waals surface area contributed by atoms with E-state index in [9.17, 15) is 4.79 Å². The van der Waals surface area contributed by atoms with Gasteiger partial charge in [0.2, 0.25) is 0 Å². The van der Waals surface area contributed by atoms with Gasteiger partial charge in [0.05, 0.1) is 0 Å². The smallest absolute Gasteiger partial charge is 0.320 e. The van der Waals surface area contributed by atoms with Crippen LogP contribution in [0.4, 0.5) is 10.6 Å². The van der Waals surface area contributed by atoms with Crippen LogP contribution in [-0.2, 0) is 6.54 Å². The molecule has 0 saturated heterocycles. The van der Waals surface area contributed by atoms with E-state index in [1.54, 1.807) is 18.5 Å². The summed E-state index contributed by atoms with van der Waals surface area (Å²) in [5.74, 6) is 0.378. The van der Waals surface area contributed by atoms with Crippen molar-refractivity contribution < 1.29 is 9.32 Å². The van der Waals surface area contributed by atoms with Crippen LogP contribution < -0.4 is 10.6 Å². The minimum absolute atomic E-state index is 0.335. The number of hydrogen-bond donors (Lipinski definition) is 2. The number of aromatic nitrogens is 2. The van der Waals surface area contributed by atoms with Crippen molar-refractivity contribution in [2.24, 2.45) is 0 Å². The molecule has 0 atom stereocenters. The minimum Gasteiger partial charge on any atom is -0.363 e. The number of urea groups is 1. The first kappa shape index (κ1) is 10.2. The van der Waals surface area contributed by atoms with Crippen LogP contribution in [0.15, 0.2) is 41.4 Å². The molecule has 6 nitrogen and oxygen atoms in total. The zero-order valence-electron chi connectivity index (χ0n) is 8.38. The summed E-state index contributed by atoms with van der Waals surface area (Å²) in [7, 11) is 0. The molecule has 0 radical (unpaired) electrons. The zero-order chi connectivity index (χ0) is 11.2. The molecule has 0 spiro atoms. The van der Waals surface area contributed by atoms with Gasteiger partial charge in [0.15, 0.2) is 5.82 Å². The van der Waals surface area contributed by atoms with Crippen LogP contribution in [-0.4, -0.2) is 16.2 Å². The Morgan fingerprint density at radius 3 is 3.06 bits per heavy atom. The summed E-state index contributed by atoms with van der Waals surface area (Å²) in [6.07, 6.45) is 4.76. The number of hydrogen-bond acceptors (Lipinski definition) is 4. The van der Waals surface area contributed by atoms with Gasteiger partial charge in [-0.1, -0.05) is 11.2 Å². The molecule has 0 aliphatic heterocycles. The van der Waals surface area contributed by atoms with Gasteiger partial charge in [0.1, 0.15) is 6.26 Å². The maximum Gasteiger partial charge on any atom is 0.320 e. The highest BCUT2D eigenvalue weighted by Crippen LogP contribution is 2.00. The number of amides is 2. The molecule has 2 heterocycles. The lowest BCUT2D eigenvalue weighted by Crippen LogP contribution is -2.28. The molecular formula is C10H10N4O2. The van der Waals surface area contributed by atoms with Crippen molar-refractivity contribution in [3.05, 3.63) is 42.4 Å². The minimum atomic E-state index is -0.335. The molecule has 2 rings (SSSR count). The number of anilines is 1. The van der Waals surface area contributed by atoms with Crippen LogP contribution in [0.25, 0.3) is 0 Å². The van der Waals surface area contributed by atoms with Crippen molar-refractivity contribution >= 4 is 11.8 Å². The molecule has 0 fully saturated rings. The first-order chi connectivity index (χ1) is 7.84. The molecule has 0 bridgehead atoms. The van der Waals surface area contributed by atoms with E-state index in [2.05, 4.69) is 25.3 Å². The number of carbonyl (C=O) groups is 1. The van der Waals surface area contributed by atoms with Crippen molar-refractivity contribution in [3.63, 3.8) is 0 Å². The van der Waals surface area contributed by atoms with Gasteiger partial charge in [-0.2, -0.15) is 0 Å². The summed E-state index contributed by atoms with van der Waals surface area (Å²) in [6, 6.07) is 4.91. The van der Waals surface area contributed by atoms with Crippen LogP contribution in [0, 0.1) is 0 Å². The largest absolute Gasteiger partial charge is 0.363 e. The van der Waals surface area contributed by atoms with Crippen LogP contribution in [0.2, 0.25) is 0 Å². The predicted molar refractivity (Wildman–Crippen MR) is 56.6 cm³/mol. The van der Waals surface area contributed by atoms with Crippen LogP contribution in [0.1, 0.15) is 5.56 Å². The maximum atomic E-state index is 11.4. The van der Waals surface area contributed by atoms with E-state index < -0.39 is 0 Å². The van der Waals surface area contributed by atoms with Crippen molar-refractivity contribution in [2.45, 2.75) is 6.54 Å². The van der Waals surface area contributed by atoms with Crippen molar-refractivity contribution in [1.29, 1.82) is 0 Å². The average Bonchev–Trinajstić information content (AvgIpc) is 2.81. The van der Waals surface area contributed by atoms with Crippen LogP contribution >= 0.6 is 0 Å². The molecule has 2 amide bonds. The quantitative estimate of drug-likeness (QED) is 0.815. The molecule has 0 aromatic carbocycles. The molecular weight excluding hydrogens is 208 g/mol. The summed E-state index contributed by atoms with van der Waals surface area (Å²) in [5, 5.41) is 8.73. The Balaban J connectivity index is 1.80. The Morgan fingerprint density at radius 2 is 2.38 bits per heavy atom. The van der Waals surface area contributed by atoms with Crippen molar-refractivity contribution in [2.75, 3.05) is 5.32 Å². The van der Waals surface area contributed by atoms with Crippen molar-refractivity contribution in [3.8, 4) is 0 Å². The van der Waals surface area contributed by atoms with E-state index in [0.29, 0.717) is 12.4 Å². The molecule has 16 heavy (non-hydrogen) atoms. The number of pyridine rings is 1. The Labute approximate surface area is 91.7 Å². The van der Waals surface area contributed by atoms with Crippen LogP contribution in [0.3, 0.4) is 0 Å². The second kappa shape index (κ2) is 4.92. The van der Waals surface area contributed by atoms with Gasteiger partial charge >= 0.3 is 6.03 Å². The third kappa shape index (κ3) is 2.81. The summed E-state index contributed by atoms with van der Waals surface area (Å²) in [4.78, 5) is 15.3. The second-order valence-electron chi connectivity index (χ2n) is 3.05. The Morgan fingerprint density at radius 1 is 1.44 bits per heavy atom. The first-order valence-electron chi connectivity index (χ1n) is 4.69. The Bertz CT molecular complexity index is 441. The highest BCUT2D eigenvalue weighted by atomic mass is 16.5. The van der Waals surface area contributed by atoms with Gasteiger partial charge in [-0.15, -0.1) is 0 Å². The summed E-state index contributed by atoms with van der Waals surface area (Å²) in [5.41, 5.74) is 0.929. The van der Waals surface area contributed by atoms with Crippen LogP contribution in [0.5, 0.6) is 0 Å². The maximum absolute atomic E-state index is 11.4. The van der Waals surface area contributed by atoms with Crippen molar-refractivity contribution in [1.82, 2.24) is 15.5 Å². The second-order valence-corrected chi connectivity index (χ2v) is 3.05. The van der Waals surface area contributed by atoms with Gasteiger partial charge in [0, 0.05) is 25.0 Å². The topological polar surface area (TPSA) is 80.0 Å². The molecule has 0 aliphatic carbocycles. The monoisotopic (exact) mass is 218 g/mol. The van der Waals surface area contributed by atoms with E-state index in [4.69, 9.17) is 0 Å². The number of nitrogens with one attached hydrogen (secondary N) is 2. The van der Waals surface area contributed by atoms with E-state index in [1.807, 2.05) is 12.1 Å². The standard InChI is InChI=1S/C10H10N4O2/c15-10(13-9-3-5-16-14-9)12-7-8-2-1-4-11-6-8/h1-6H,7H2,(H2,12,13,14,15). The fraction of sp³-hybridized carbons (Fsp3) is 0.100. The highest BCUT2D eigenvalue weighted by molar-refractivity contribution is 5.87. The zero-order valence-corrected chi connectivity index (χ0v) is 8.38. The number of carbonyl (C=O) groups excluding carboxylic acids is 1. The predicted octanol–water partition coefficient (Wildman–Crippen LogP) is 1.39. The van der Waals surface area contributed by atoms with Gasteiger partial charge < -0.3 is 9.84 Å². The lowest BCUT2D eigenvalue weighted by atomic mass is 10.3. The normalized spacial score (nSPS) is 9.75. The molecule has 0 unspecified atom stereocenters. The molecule has 2 N–H and O–H groups in total. The highest BCUT2D eigenvalue weighted by Gasteiger charge is 2.02. The molecule has 6 heteroatoms. The number of nitrogens with zero attached hydrogens (tertiary/aromatic N) is 2. The van der Waals surface area contributed by atoms with Gasteiger partial charge in [0.25, 0.3) is 0 Å². The molecule has 82 valence electrons. The average molecular weight is 218 g/mol. The number of rotatable bonds is 3. The van der Waals surface area contributed by atoms with E-state index in [-0.39, 0.29) is 6.03 Å². The lowest BCUT2D eigenvalue weighted by Gasteiger charge is -2.04. The molecule has 2 aromatic heterocycles. The molecule has 2 aromatic rings. The SMILES string of the molecule is O=C(NCc1cccnc1)Nc1ccon1. The van der Waals surface area contributed by atoms with Gasteiger partial charge in [-0.05, 0) is 11.6 Å². The van der Waals surface area contributed by atoms with Gasteiger partial charge in [-0.25, -0.2) is 4.79 Å². The fourth-order valence-corrected chi connectivity index (χ4v) is 1.12. The lowest BCUT2D eigenvalue weighted by molar-refractivity contribution is 0.251. The summed E-state index contributed by atoms with van der Waals surface area (Å²) >= 11 is 0. The van der Waals surface area contributed by atoms with E-state index >= 15 is 0 Å². The van der Waals surface area contributed by atoms with E-state index in [1.165, 1.54) is 6.26 Å². The van der Waals surface area contributed by atoms with Gasteiger partial charge in [-0.3, -0.25) is 10.3 Å². The Hall–Kier alpha value is -2.37. The van der Waals surface area contributed by atoms with E-state index in [0.717, 1.165) is 5.56 Å². The summed E-state index contributed by atoms with van der Waals surface area (Å²) < 4.78 is 4.58. The Kier molecular flexibility index (Phi) is 3.12. The molecule has 0 saturated carbocycles. The fourth-order valence-electron chi connectivity index (χ4n) is 1.12. The third-order valence-corrected chi connectivity index (χ3v) is 1.86. The molecule has 0 aliphatic rings. The first-order valence-corrected chi connectivity index (χ1v) is 4.69. The summed E-state index contributed by atoms with van der Waals surface area (Å²) in [6.45, 7) is 0.414.